The molecule has 0 saturated heterocycles. The molecule has 0 aromatic carbocycles. The van der Waals surface area contributed by atoms with Crippen molar-refractivity contribution in [1.29, 1.82) is 5.26 Å². The van der Waals surface area contributed by atoms with Crippen molar-refractivity contribution in [3.63, 3.8) is 0 Å². The molecule has 4 rings (SSSR count). The van der Waals surface area contributed by atoms with Crippen LogP contribution in [-0.4, -0.2) is 30.4 Å². The van der Waals surface area contributed by atoms with Crippen LogP contribution in [0, 0.1) is 16.7 Å². The number of Topliss-reactive ketones (excluding diaryl/α,β-unsaturated/α-hetero) is 1. The van der Waals surface area contributed by atoms with Crippen LogP contribution in [0.2, 0.25) is 4.34 Å². The molecule has 4 aromatic rings. The largest absolute Gasteiger partial charge is 0.365 e. The summed E-state index contributed by atoms with van der Waals surface area (Å²) < 4.78 is 6.99. The van der Waals surface area contributed by atoms with E-state index >= 15 is 0 Å². The summed E-state index contributed by atoms with van der Waals surface area (Å²) in [6.07, 6.45) is 2.96. The van der Waals surface area contributed by atoms with Crippen LogP contribution in [0.4, 0.5) is 5.82 Å². The monoisotopic (exact) mass is 540 g/mol. The lowest BCUT2D eigenvalue weighted by molar-refractivity contribution is 0.0752. The molecule has 0 radical (unpaired) electrons. The summed E-state index contributed by atoms with van der Waals surface area (Å²) in [6, 6.07) is 10.4. The molecule has 4 heterocycles. The van der Waals surface area contributed by atoms with Gasteiger partial charge in [-0.1, -0.05) is 32.4 Å². The van der Waals surface area contributed by atoms with Gasteiger partial charge in [-0.3, -0.25) is 14.4 Å². The van der Waals surface area contributed by atoms with E-state index in [9.17, 15) is 19.6 Å². The van der Waals surface area contributed by atoms with Crippen LogP contribution in [-0.2, 0) is 13.1 Å². The molecule has 0 aliphatic rings. The average molecular weight is 541 g/mol. The van der Waals surface area contributed by atoms with Crippen LogP contribution in [0.25, 0.3) is 11.3 Å². The lowest BCUT2D eigenvalue weighted by Gasteiger charge is -2.18. The van der Waals surface area contributed by atoms with E-state index in [1.165, 1.54) is 33.0 Å². The number of hydrogen-bond acceptors (Lipinski definition) is 9. The topological polar surface area (TPSA) is 123 Å². The SMILES string of the molecule is CC(C)(C)C(=O)n1nc(-c2ccn(CC(=O)c3ccns3)c(=O)c2C#N)cc1NCc1ccc(Cl)s1. The maximum atomic E-state index is 13.1. The van der Waals surface area contributed by atoms with E-state index in [0.717, 1.165) is 16.4 Å². The van der Waals surface area contributed by atoms with Crippen molar-refractivity contribution in [2.75, 3.05) is 5.32 Å². The normalized spacial score (nSPS) is 11.3. The van der Waals surface area contributed by atoms with Gasteiger partial charge in [0.1, 0.15) is 17.5 Å². The first kappa shape index (κ1) is 25.5. The number of ketones is 1. The zero-order valence-corrected chi connectivity index (χ0v) is 22.0. The van der Waals surface area contributed by atoms with Gasteiger partial charge >= 0.3 is 0 Å². The molecule has 0 fully saturated rings. The van der Waals surface area contributed by atoms with Gasteiger partial charge in [0, 0.05) is 34.3 Å². The van der Waals surface area contributed by atoms with Gasteiger partial charge in [-0.2, -0.15) is 15.0 Å². The second-order valence-electron chi connectivity index (χ2n) is 8.89. The summed E-state index contributed by atoms with van der Waals surface area (Å²) in [7, 11) is 0. The minimum Gasteiger partial charge on any atom is -0.365 e. The molecule has 0 atom stereocenters. The van der Waals surface area contributed by atoms with Crippen molar-refractivity contribution in [1.82, 2.24) is 18.7 Å². The Kier molecular flexibility index (Phi) is 7.21. The number of aromatic nitrogens is 4. The number of carbonyl (C=O) groups is 2. The summed E-state index contributed by atoms with van der Waals surface area (Å²) in [5, 5.41) is 17.4. The van der Waals surface area contributed by atoms with Crippen molar-refractivity contribution in [3.05, 3.63) is 72.7 Å². The molecule has 0 unspecified atom stereocenters. The Balaban J connectivity index is 1.71. The van der Waals surface area contributed by atoms with E-state index < -0.39 is 11.0 Å². The maximum absolute atomic E-state index is 13.1. The number of thiophene rings is 1. The fraction of sp³-hybridized carbons (Fsp3) is 0.250. The molecule has 4 aromatic heterocycles. The van der Waals surface area contributed by atoms with Crippen LogP contribution < -0.4 is 10.9 Å². The lowest BCUT2D eigenvalue weighted by atomic mass is 9.96. The molecule has 9 nitrogen and oxygen atoms in total. The Morgan fingerprint density at radius 1 is 1.22 bits per heavy atom. The van der Waals surface area contributed by atoms with Gasteiger partial charge in [-0.15, -0.1) is 11.3 Å². The Hall–Kier alpha value is -3.59. The number of rotatable bonds is 7. The smallest absolute Gasteiger partial charge is 0.269 e. The molecule has 184 valence electrons. The number of hydrogen-bond donors (Lipinski definition) is 1. The molecule has 0 spiro atoms. The van der Waals surface area contributed by atoms with Gasteiger partial charge < -0.3 is 9.88 Å². The van der Waals surface area contributed by atoms with Crippen molar-refractivity contribution in [3.8, 4) is 17.3 Å². The number of carbonyl (C=O) groups excluding carboxylic acids is 2. The number of halogens is 1. The van der Waals surface area contributed by atoms with Gasteiger partial charge in [0.05, 0.1) is 28.0 Å². The Morgan fingerprint density at radius 2 is 2.00 bits per heavy atom. The quantitative estimate of drug-likeness (QED) is 0.329. The van der Waals surface area contributed by atoms with Crippen molar-refractivity contribution < 1.29 is 9.59 Å². The number of pyridine rings is 1. The highest BCUT2D eigenvalue weighted by atomic mass is 35.5. The number of anilines is 1. The Morgan fingerprint density at radius 3 is 2.61 bits per heavy atom. The predicted molar refractivity (Wildman–Crippen MR) is 140 cm³/mol. The lowest BCUT2D eigenvalue weighted by Crippen LogP contribution is -2.29. The van der Waals surface area contributed by atoms with Crippen molar-refractivity contribution >= 4 is 52.0 Å². The molecule has 0 saturated carbocycles. The first-order valence-corrected chi connectivity index (χ1v) is 12.8. The first-order valence-electron chi connectivity index (χ1n) is 10.8. The Labute approximate surface area is 219 Å². The third-order valence-corrected chi connectivity index (χ3v) is 7.21. The van der Waals surface area contributed by atoms with E-state index in [4.69, 9.17) is 11.6 Å². The van der Waals surface area contributed by atoms with Gasteiger partial charge in [-0.25, -0.2) is 4.37 Å². The minimum atomic E-state index is -0.732. The van der Waals surface area contributed by atoms with Crippen LogP contribution in [0.15, 0.2) is 47.5 Å². The van der Waals surface area contributed by atoms with E-state index in [1.807, 2.05) is 12.1 Å². The number of nitriles is 1. The fourth-order valence-electron chi connectivity index (χ4n) is 3.35. The van der Waals surface area contributed by atoms with E-state index in [1.54, 1.807) is 45.0 Å². The van der Waals surface area contributed by atoms with Crippen LogP contribution >= 0.6 is 34.5 Å². The second-order valence-corrected chi connectivity index (χ2v) is 11.5. The molecular weight excluding hydrogens is 520 g/mol. The van der Waals surface area contributed by atoms with Gasteiger partial charge in [0.25, 0.3) is 11.5 Å². The van der Waals surface area contributed by atoms with Crippen molar-refractivity contribution in [2.45, 2.75) is 33.9 Å². The highest BCUT2D eigenvalue weighted by Crippen LogP contribution is 2.28. The molecule has 12 heteroatoms. The van der Waals surface area contributed by atoms with Crippen LogP contribution in [0.5, 0.6) is 0 Å². The molecule has 36 heavy (non-hydrogen) atoms. The number of nitrogens with zero attached hydrogens (tertiary/aromatic N) is 5. The number of nitrogens with one attached hydrogen (secondary N) is 1. The molecule has 0 amide bonds. The molecule has 1 N–H and O–H groups in total. The standard InChI is InChI=1S/C24H21ClN6O3S2/c1-24(2,3)23(34)31-21(27-12-14-4-5-20(25)35-14)10-17(29-31)15-7-9-30(22(33)16(15)11-26)13-18(32)19-6-8-28-36-19/h4-10,27H,12-13H2,1-3H3. The van der Waals surface area contributed by atoms with Gasteiger partial charge in [0.15, 0.2) is 5.78 Å². The van der Waals surface area contributed by atoms with Crippen LogP contribution in [0.1, 0.15) is 45.7 Å². The van der Waals surface area contributed by atoms with E-state index in [0.29, 0.717) is 21.6 Å². The highest BCUT2D eigenvalue weighted by molar-refractivity contribution is 7.16. The highest BCUT2D eigenvalue weighted by Gasteiger charge is 2.28. The molecule has 0 aliphatic carbocycles. The summed E-state index contributed by atoms with van der Waals surface area (Å²) in [5.74, 6) is -0.123. The zero-order chi connectivity index (χ0) is 26.0. The molecule has 0 aliphatic heterocycles. The summed E-state index contributed by atoms with van der Waals surface area (Å²) in [4.78, 5) is 40.0. The fourth-order valence-corrected chi connectivity index (χ4v) is 4.90. The third-order valence-electron chi connectivity index (χ3n) is 5.20. The van der Waals surface area contributed by atoms with Crippen LogP contribution in [0.3, 0.4) is 0 Å². The van der Waals surface area contributed by atoms with E-state index in [-0.39, 0.29) is 35.1 Å². The Bertz CT molecular complexity index is 1540. The summed E-state index contributed by atoms with van der Waals surface area (Å²) in [5.41, 5.74) is -0.961. The third kappa shape index (κ3) is 5.31. The van der Waals surface area contributed by atoms with Gasteiger partial charge in [0.2, 0.25) is 0 Å². The van der Waals surface area contributed by atoms with E-state index in [2.05, 4.69) is 14.8 Å². The summed E-state index contributed by atoms with van der Waals surface area (Å²) >= 11 is 8.48. The minimum absolute atomic E-state index is 0.168. The molecule has 0 bridgehead atoms. The predicted octanol–water partition coefficient (Wildman–Crippen LogP) is 4.94. The first-order chi connectivity index (χ1) is 17.1. The van der Waals surface area contributed by atoms with Crippen molar-refractivity contribution in [2.24, 2.45) is 5.41 Å². The maximum Gasteiger partial charge on any atom is 0.269 e. The second kappa shape index (κ2) is 10.2. The van der Waals surface area contributed by atoms with Gasteiger partial charge in [-0.05, 0) is 35.8 Å². The summed E-state index contributed by atoms with van der Waals surface area (Å²) in [6.45, 7) is 5.53. The zero-order valence-electron chi connectivity index (χ0n) is 19.6. The molecular formula is C24H21ClN6O3S2. The average Bonchev–Trinajstić information content (AvgIpc) is 3.59.